The van der Waals surface area contributed by atoms with Gasteiger partial charge in [-0.3, -0.25) is 4.79 Å². The lowest BCUT2D eigenvalue weighted by molar-refractivity contribution is -0.123. The number of esters is 1. The molecule has 0 bridgehead atoms. The molecule has 0 saturated carbocycles. The Kier molecular flexibility index (Phi) is 6.32. The van der Waals surface area contributed by atoms with Crippen LogP contribution in [0, 0.1) is 3.57 Å². The van der Waals surface area contributed by atoms with E-state index in [1.165, 1.54) is 6.92 Å². The molecule has 5 rings (SSSR count). The fraction of sp³-hybridized carbons (Fsp3) is 0.0769. The molecular weight excluding hydrogens is 561 g/mol. The van der Waals surface area contributed by atoms with Crippen molar-refractivity contribution in [3.8, 4) is 22.9 Å². The molecule has 5 aromatic rings. The minimum atomic E-state index is -0.997. The van der Waals surface area contributed by atoms with Crippen LogP contribution < -0.4 is 5.32 Å². The first kappa shape index (κ1) is 22.8. The number of fused-ring (bicyclic) bond motifs is 1. The molecule has 0 saturated heterocycles. The molecule has 0 aliphatic rings. The summed E-state index contributed by atoms with van der Waals surface area (Å²) in [4.78, 5) is 34.6. The summed E-state index contributed by atoms with van der Waals surface area (Å²) in [6.07, 6.45) is 2.11. The Labute approximate surface area is 213 Å². The SMILES string of the molecule is CC(OC(=O)c1ccc2nc(-c3ccco3)c(-c3ccco3)nc2c1)C(=O)Nc1ccc(I)cc1. The molecule has 1 atom stereocenters. The van der Waals surface area contributed by atoms with Crippen molar-refractivity contribution in [3.05, 3.63) is 88.4 Å². The molecule has 3 heterocycles. The predicted molar refractivity (Wildman–Crippen MR) is 138 cm³/mol. The molecule has 1 N–H and O–H groups in total. The number of halogens is 1. The van der Waals surface area contributed by atoms with Crippen molar-refractivity contribution in [2.24, 2.45) is 0 Å². The van der Waals surface area contributed by atoms with E-state index in [2.05, 4.69) is 37.9 Å². The van der Waals surface area contributed by atoms with Gasteiger partial charge in [-0.05, 0) is 96.2 Å². The number of amides is 1. The van der Waals surface area contributed by atoms with E-state index >= 15 is 0 Å². The Balaban J connectivity index is 1.39. The van der Waals surface area contributed by atoms with Crippen LogP contribution in [-0.4, -0.2) is 27.9 Å². The number of hydrogen-bond acceptors (Lipinski definition) is 7. The molecule has 174 valence electrons. The van der Waals surface area contributed by atoms with E-state index in [0.29, 0.717) is 39.6 Å². The van der Waals surface area contributed by atoms with Crippen LogP contribution in [0.25, 0.3) is 33.9 Å². The summed E-state index contributed by atoms with van der Waals surface area (Å²) >= 11 is 2.18. The lowest BCUT2D eigenvalue weighted by Gasteiger charge is -2.14. The number of nitrogens with zero attached hydrogens (tertiary/aromatic N) is 2. The first-order valence-corrected chi connectivity index (χ1v) is 11.7. The van der Waals surface area contributed by atoms with Crippen LogP contribution in [0.5, 0.6) is 0 Å². The second-order valence-corrected chi connectivity index (χ2v) is 8.87. The van der Waals surface area contributed by atoms with Gasteiger partial charge >= 0.3 is 5.97 Å². The van der Waals surface area contributed by atoms with Crippen molar-refractivity contribution >= 4 is 51.2 Å². The van der Waals surface area contributed by atoms with Crippen molar-refractivity contribution in [3.63, 3.8) is 0 Å². The molecule has 2 aromatic carbocycles. The van der Waals surface area contributed by atoms with Gasteiger partial charge in [0.2, 0.25) is 0 Å². The number of benzene rings is 2. The molecule has 0 aliphatic carbocycles. The van der Waals surface area contributed by atoms with Crippen LogP contribution in [0.3, 0.4) is 0 Å². The third-order valence-electron chi connectivity index (χ3n) is 5.17. The molecule has 8 nitrogen and oxygen atoms in total. The molecule has 0 fully saturated rings. The predicted octanol–water partition coefficient (Wildman–Crippen LogP) is 5.94. The van der Waals surface area contributed by atoms with E-state index in [0.717, 1.165) is 3.57 Å². The highest BCUT2D eigenvalue weighted by atomic mass is 127. The van der Waals surface area contributed by atoms with Gasteiger partial charge in [0.05, 0.1) is 29.1 Å². The Morgan fingerprint density at radius 1 is 0.886 bits per heavy atom. The van der Waals surface area contributed by atoms with Crippen LogP contribution >= 0.6 is 22.6 Å². The maximum absolute atomic E-state index is 12.8. The smallest absolute Gasteiger partial charge is 0.338 e. The lowest BCUT2D eigenvalue weighted by atomic mass is 10.1. The van der Waals surface area contributed by atoms with Crippen molar-refractivity contribution in [2.75, 3.05) is 5.32 Å². The first-order valence-electron chi connectivity index (χ1n) is 10.6. The van der Waals surface area contributed by atoms with Gasteiger partial charge < -0.3 is 18.9 Å². The van der Waals surface area contributed by atoms with Crippen LogP contribution in [-0.2, 0) is 9.53 Å². The number of carbonyl (C=O) groups excluding carboxylic acids is 2. The molecule has 1 amide bonds. The topological polar surface area (TPSA) is 107 Å². The number of ether oxygens (including phenoxy) is 1. The third-order valence-corrected chi connectivity index (χ3v) is 5.89. The maximum atomic E-state index is 12.8. The largest absolute Gasteiger partial charge is 0.463 e. The fourth-order valence-corrected chi connectivity index (χ4v) is 3.77. The number of rotatable bonds is 6. The molecule has 3 aromatic heterocycles. The van der Waals surface area contributed by atoms with Crippen molar-refractivity contribution < 1.29 is 23.2 Å². The van der Waals surface area contributed by atoms with E-state index in [1.54, 1.807) is 67.1 Å². The second-order valence-electron chi connectivity index (χ2n) is 7.62. The highest BCUT2D eigenvalue weighted by Crippen LogP contribution is 2.31. The Morgan fingerprint density at radius 2 is 1.51 bits per heavy atom. The summed E-state index contributed by atoms with van der Waals surface area (Å²) in [5, 5.41) is 2.74. The van der Waals surface area contributed by atoms with E-state index in [1.807, 2.05) is 12.1 Å². The zero-order valence-corrected chi connectivity index (χ0v) is 20.6. The van der Waals surface area contributed by atoms with Gasteiger partial charge in [0, 0.05) is 9.26 Å². The van der Waals surface area contributed by atoms with E-state index < -0.39 is 18.0 Å². The van der Waals surface area contributed by atoms with Gasteiger partial charge in [-0.1, -0.05) is 0 Å². The highest BCUT2D eigenvalue weighted by Gasteiger charge is 2.21. The normalized spacial score (nSPS) is 11.8. The van der Waals surface area contributed by atoms with Crippen molar-refractivity contribution in [1.82, 2.24) is 9.97 Å². The van der Waals surface area contributed by atoms with Crippen LogP contribution in [0.15, 0.2) is 88.1 Å². The molecule has 0 aliphatic heterocycles. The standard InChI is InChI=1S/C26H18IN3O5/c1-15(25(31)28-18-9-7-17(27)8-10-18)35-26(32)16-6-11-19-20(14-16)30-24(22-5-3-13-34-22)23(29-19)21-4-2-12-33-21/h2-15H,1H3,(H,28,31). The first-order chi connectivity index (χ1) is 17.0. The molecule has 35 heavy (non-hydrogen) atoms. The molecule has 0 radical (unpaired) electrons. The summed E-state index contributed by atoms with van der Waals surface area (Å²) in [5.74, 6) is -0.0149. The molecule has 1 unspecified atom stereocenters. The van der Waals surface area contributed by atoms with Crippen molar-refractivity contribution in [2.45, 2.75) is 13.0 Å². The highest BCUT2D eigenvalue weighted by molar-refractivity contribution is 14.1. The fourth-order valence-electron chi connectivity index (χ4n) is 3.41. The van der Waals surface area contributed by atoms with Gasteiger partial charge in [0.1, 0.15) is 11.4 Å². The van der Waals surface area contributed by atoms with Gasteiger partial charge in [-0.15, -0.1) is 0 Å². The summed E-state index contributed by atoms with van der Waals surface area (Å²) < 4.78 is 17.5. The Hall–Kier alpha value is -3.99. The van der Waals surface area contributed by atoms with Crippen LogP contribution in [0.1, 0.15) is 17.3 Å². The minimum absolute atomic E-state index is 0.247. The zero-order valence-electron chi connectivity index (χ0n) is 18.4. The molecule has 9 heteroatoms. The number of hydrogen-bond donors (Lipinski definition) is 1. The van der Waals surface area contributed by atoms with Crippen LogP contribution in [0.2, 0.25) is 0 Å². The van der Waals surface area contributed by atoms with Crippen molar-refractivity contribution in [1.29, 1.82) is 0 Å². The quantitative estimate of drug-likeness (QED) is 0.196. The summed E-state index contributed by atoms with van der Waals surface area (Å²) in [6, 6.07) is 19.2. The number of carbonyl (C=O) groups is 2. The molecule has 0 spiro atoms. The van der Waals surface area contributed by atoms with Crippen LogP contribution in [0.4, 0.5) is 5.69 Å². The maximum Gasteiger partial charge on any atom is 0.338 e. The lowest BCUT2D eigenvalue weighted by Crippen LogP contribution is -2.30. The van der Waals surface area contributed by atoms with Gasteiger partial charge in [-0.25, -0.2) is 14.8 Å². The number of aromatic nitrogens is 2. The summed E-state index contributed by atoms with van der Waals surface area (Å²) in [6.45, 7) is 1.52. The minimum Gasteiger partial charge on any atom is -0.463 e. The second kappa shape index (κ2) is 9.71. The zero-order chi connectivity index (χ0) is 24.4. The number of anilines is 1. The van der Waals surface area contributed by atoms with E-state index in [4.69, 9.17) is 13.6 Å². The van der Waals surface area contributed by atoms with Gasteiger partial charge in [-0.2, -0.15) is 0 Å². The number of nitrogens with one attached hydrogen (secondary N) is 1. The Bertz CT molecular complexity index is 1500. The average molecular weight is 579 g/mol. The average Bonchev–Trinajstić information content (AvgIpc) is 3.59. The van der Waals surface area contributed by atoms with Gasteiger partial charge in [0.15, 0.2) is 17.6 Å². The molecular formula is C26H18IN3O5. The third kappa shape index (κ3) is 4.94. The Morgan fingerprint density at radius 3 is 2.11 bits per heavy atom. The monoisotopic (exact) mass is 579 g/mol. The summed E-state index contributed by atoms with van der Waals surface area (Å²) in [5.41, 5.74) is 2.90. The van der Waals surface area contributed by atoms with E-state index in [9.17, 15) is 9.59 Å². The number of furan rings is 2. The van der Waals surface area contributed by atoms with E-state index in [-0.39, 0.29) is 5.56 Å². The van der Waals surface area contributed by atoms with Gasteiger partial charge in [0.25, 0.3) is 5.91 Å². The summed E-state index contributed by atoms with van der Waals surface area (Å²) in [7, 11) is 0.